The molecule has 2 heterocycles. The van der Waals surface area contributed by atoms with Crippen LogP contribution in [0.2, 0.25) is 0 Å². The first-order valence-electron chi connectivity index (χ1n) is 10.3. The normalized spacial score (nSPS) is 14.8. The lowest BCUT2D eigenvalue weighted by Crippen LogP contribution is -2.38. The van der Waals surface area contributed by atoms with Crippen LogP contribution in [-0.2, 0) is 11.0 Å². The fourth-order valence-electron chi connectivity index (χ4n) is 3.92. The molecule has 1 fully saturated rings. The molecular weight excluding hydrogens is 458 g/mol. The van der Waals surface area contributed by atoms with E-state index in [9.17, 15) is 32.5 Å². The molecule has 8 nitrogen and oxygen atoms in total. The van der Waals surface area contributed by atoms with Gasteiger partial charge in [0.1, 0.15) is 11.4 Å². The van der Waals surface area contributed by atoms with Gasteiger partial charge >= 0.3 is 6.18 Å². The van der Waals surface area contributed by atoms with E-state index in [1.54, 1.807) is 23.2 Å². The fraction of sp³-hybridized carbons (Fsp3) is 0.273. The molecule has 1 aromatic heterocycles. The molecule has 0 atom stereocenters. The van der Waals surface area contributed by atoms with E-state index in [2.05, 4.69) is 10.4 Å². The average molecular weight is 477 g/mol. The Hall–Kier alpha value is -3.96. The molecule has 4 rings (SSSR count). The van der Waals surface area contributed by atoms with Crippen LogP contribution in [0.5, 0.6) is 0 Å². The van der Waals surface area contributed by atoms with Crippen LogP contribution < -0.4 is 10.2 Å². The molecule has 2 aromatic carbocycles. The number of anilines is 2. The quantitative estimate of drug-likeness (QED) is 0.324. The number of aromatic nitrogens is 2. The number of carbonyl (C=O) groups is 1. The second-order valence-corrected chi connectivity index (χ2v) is 7.83. The van der Waals surface area contributed by atoms with Crippen molar-refractivity contribution in [2.45, 2.75) is 19.0 Å². The molecule has 0 unspecified atom stereocenters. The van der Waals surface area contributed by atoms with Crippen molar-refractivity contribution in [3.05, 3.63) is 76.4 Å². The number of nitro groups is 1. The van der Waals surface area contributed by atoms with Crippen LogP contribution in [0.3, 0.4) is 0 Å². The topological polar surface area (TPSA) is 93.3 Å². The first-order valence-corrected chi connectivity index (χ1v) is 10.3. The first-order chi connectivity index (χ1) is 16.1. The maximum absolute atomic E-state index is 14.4. The van der Waals surface area contributed by atoms with E-state index >= 15 is 0 Å². The Balaban J connectivity index is 1.41. The second-order valence-electron chi connectivity index (χ2n) is 7.83. The van der Waals surface area contributed by atoms with Crippen LogP contribution in [0.25, 0.3) is 5.69 Å². The minimum absolute atomic E-state index is 0.0770. The van der Waals surface area contributed by atoms with Gasteiger partial charge in [-0.05, 0) is 49.2 Å². The molecule has 178 valence electrons. The number of hydrogen-bond donors (Lipinski definition) is 1. The third-order valence-electron chi connectivity index (χ3n) is 5.67. The fourth-order valence-corrected chi connectivity index (χ4v) is 3.92. The highest BCUT2D eigenvalue weighted by Gasteiger charge is 2.35. The van der Waals surface area contributed by atoms with Crippen molar-refractivity contribution in [3.63, 3.8) is 0 Å². The molecule has 0 aliphatic carbocycles. The standard InChI is InChI=1S/C22H19F4N5O3/c23-17-13-16(3-5-18(17)30-9-1-8-27-30)28-21(32)14-6-10-29(11-7-14)19-4-2-15(22(24,25)26)12-20(19)31(33)34/h1-5,8-9,12-14H,6-7,10-11H2,(H,28,32). The summed E-state index contributed by atoms with van der Waals surface area (Å²) in [7, 11) is 0. The Labute approximate surface area is 190 Å². The van der Waals surface area contributed by atoms with Gasteiger partial charge in [-0.15, -0.1) is 0 Å². The van der Waals surface area contributed by atoms with Crippen molar-refractivity contribution in [3.8, 4) is 5.69 Å². The van der Waals surface area contributed by atoms with Gasteiger partial charge in [-0.1, -0.05) is 0 Å². The summed E-state index contributed by atoms with van der Waals surface area (Å²) >= 11 is 0. The Morgan fingerprint density at radius 2 is 1.82 bits per heavy atom. The maximum Gasteiger partial charge on any atom is 0.416 e. The summed E-state index contributed by atoms with van der Waals surface area (Å²) < 4.78 is 54.6. The van der Waals surface area contributed by atoms with Gasteiger partial charge in [0.15, 0.2) is 5.82 Å². The molecule has 3 aromatic rings. The number of nitrogens with zero attached hydrogens (tertiary/aromatic N) is 4. The smallest absolute Gasteiger partial charge is 0.366 e. The van der Waals surface area contributed by atoms with E-state index in [1.807, 2.05) is 0 Å². The highest BCUT2D eigenvalue weighted by atomic mass is 19.4. The number of piperidine rings is 1. The Morgan fingerprint density at radius 1 is 1.12 bits per heavy atom. The third kappa shape index (κ3) is 4.85. The molecule has 1 saturated heterocycles. The Bertz CT molecular complexity index is 1210. The maximum atomic E-state index is 14.4. The van der Waals surface area contributed by atoms with Crippen molar-refractivity contribution >= 4 is 23.0 Å². The van der Waals surface area contributed by atoms with Crippen molar-refractivity contribution in [1.82, 2.24) is 9.78 Å². The summed E-state index contributed by atoms with van der Waals surface area (Å²) in [5.41, 5.74) is -1.14. The molecule has 1 amide bonds. The largest absolute Gasteiger partial charge is 0.416 e. The van der Waals surface area contributed by atoms with E-state index < -0.39 is 34.1 Å². The third-order valence-corrected chi connectivity index (χ3v) is 5.67. The molecule has 0 saturated carbocycles. The SMILES string of the molecule is O=C(Nc1ccc(-n2cccn2)c(F)c1)C1CCN(c2ccc(C(F)(F)F)cc2[N+](=O)[O-])CC1. The molecule has 0 radical (unpaired) electrons. The van der Waals surface area contributed by atoms with Crippen LogP contribution in [0.4, 0.5) is 34.6 Å². The highest BCUT2D eigenvalue weighted by Crippen LogP contribution is 2.37. The summed E-state index contributed by atoms with van der Waals surface area (Å²) in [5.74, 6) is -1.32. The van der Waals surface area contributed by atoms with Gasteiger partial charge in [-0.25, -0.2) is 9.07 Å². The number of carbonyl (C=O) groups excluding carboxylic acids is 1. The number of amides is 1. The van der Waals surface area contributed by atoms with Gasteiger partial charge < -0.3 is 10.2 Å². The van der Waals surface area contributed by atoms with Crippen LogP contribution in [-0.4, -0.2) is 33.7 Å². The van der Waals surface area contributed by atoms with Gasteiger partial charge in [-0.3, -0.25) is 14.9 Å². The second kappa shape index (κ2) is 9.12. The molecule has 34 heavy (non-hydrogen) atoms. The van der Waals surface area contributed by atoms with Crippen LogP contribution in [0.1, 0.15) is 18.4 Å². The summed E-state index contributed by atoms with van der Waals surface area (Å²) in [6.45, 7) is 0.494. The van der Waals surface area contributed by atoms with Gasteiger partial charge in [0.2, 0.25) is 5.91 Å². The number of halogens is 4. The van der Waals surface area contributed by atoms with Crippen molar-refractivity contribution in [1.29, 1.82) is 0 Å². The van der Waals surface area contributed by atoms with E-state index in [0.29, 0.717) is 18.9 Å². The summed E-state index contributed by atoms with van der Waals surface area (Å²) in [6, 6.07) is 8.31. The van der Waals surface area contributed by atoms with Gasteiger partial charge in [0, 0.05) is 43.2 Å². The van der Waals surface area contributed by atoms with Crippen molar-refractivity contribution in [2.75, 3.05) is 23.3 Å². The van der Waals surface area contributed by atoms with Crippen LogP contribution in [0.15, 0.2) is 54.9 Å². The minimum atomic E-state index is -4.69. The van der Waals surface area contributed by atoms with Crippen LogP contribution in [0, 0.1) is 21.8 Å². The summed E-state index contributed by atoms with van der Waals surface area (Å²) in [6.07, 6.45) is -0.924. The monoisotopic (exact) mass is 477 g/mol. The zero-order chi connectivity index (χ0) is 24.5. The lowest BCUT2D eigenvalue weighted by Gasteiger charge is -2.32. The number of nitrogens with one attached hydrogen (secondary N) is 1. The van der Waals surface area contributed by atoms with E-state index in [4.69, 9.17) is 0 Å². The predicted molar refractivity (Wildman–Crippen MR) is 115 cm³/mol. The first kappa shape index (κ1) is 23.2. The summed E-state index contributed by atoms with van der Waals surface area (Å²) in [5, 5.41) is 18.0. The van der Waals surface area contributed by atoms with Gasteiger partial charge in [0.25, 0.3) is 5.69 Å². The Morgan fingerprint density at radius 3 is 2.41 bits per heavy atom. The zero-order valence-corrected chi connectivity index (χ0v) is 17.6. The number of benzene rings is 2. The van der Waals surface area contributed by atoms with Crippen molar-refractivity contribution in [2.24, 2.45) is 5.92 Å². The zero-order valence-electron chi connectivity index (χ0n) is 17.6. The molecule has 1 aliphatic rings. The molecule has 0 spiro atoms. The lowest BCUT2D eigenvalue weighted by atomic mass is 9.95. The summed E-state index contributed by atoms with van der Waals surface area (Å²) in [4.78, 5) is 24.8. The molecule has 12 heteroatoms. The molecule has 1 aliphatic heterocycles. The van der Waals surface area contributed by atoms with Crippen LogP contribution >= 0.6 is 0 Å². The number of rotatable bonds is 5. The lowest BCUT2D eigenvalue weighted by molar-refractivity contribution is -0.384. The number of hydrogen-bond acceptors (Lipinski definition) is 5. The number of nitro benzene ring substituents is 1. The molecule has 1 N–H and O–H groups in total. The minimum Gasteiger partial charge on any atom is -0.366 e. The van der Waals surface area contributed by atoms with Gasteiger partial charge in [0.05, 0.1) is 10.5 Å². The van der Waals surface area contributed by atoms with Crippen molar-refractivity contribution < 1.29 is 27.3 Å². The molecule has 0 bridgehead atoms. The number of alkyl halides is 3. The van der Waals surface area contributed by atoms with E-state index in [1.165, 1.54) is 23.0 Å². The van der Waals surface area contributed by atoms with Gasteiger partial charge in [-0.2, -0.15) is 18.3 Å². The van der Waals surface area contributed by atoms with E-state index in [-0.39, 0.29) is 36.1 Å². The predicted octanol–water partition coefficient (Wildman–Crippen LogP) is 4.79. The Kier molecular flexibility index (Phi) is 6.22. The highest BCUT2D eigenvalue weighted by molar-refractivity contribution is 5.92. The van der Waals surface area contributed by atoms with E-state index in [0.717, 1.165) is 12.1 Å². The average Bonchev–Trinajstić information content (AvgIpc) is 3.33. The molecular formula is C22H19F4N5O3.